The number of thiophene rings is 1. The molecule has 1 unspecified atom stereocenters. The van der Waals surface area contributed by atoms with Gasteiger partial charge < -0.3 is 0 Å². The minimum atomic E-state index is 0.307. The SMILES string of the molecule is Cc1ccsc1C(Br)c1ccc(C(C)C)cc1C(C)C. The monoisotopic (exact) mass is 350 g/mol. The van der Waals surface area contributed by atoms with Crippen LogP contribution in [0.4, 0.5) is 0 Å². The number of benzene rings is 1. The fourth-order valence-corrected chi connectivity index (χ4v) is 4.49. The molecule has 0 aliphatic carbocycles. The Bertz CT molecular complexity index is 581. The van der Waals surface area contributed by atoms with Gasteiger partial charge in [0.05, 0.1) is 4.83 Å². The molecular weight excluding hydrogens is 328 g/mol. The molecular formula is C18H23BrS. The Balaban J connectivity index is 2.48. The van der Waals surface area contributed by atoms with E-state index in [1.807, 2.05) is 11.3 Å². The predicted octanol–water partition coefficient (Wildman–Crippen LogP) is 6.79. The highest BCUT2D eigenvalue weighted by molar-refractivity contribution is 9.09. The largest absolute Gasteiger partial charge is 0.147 e. The van der Waals surface area contributed by atoms with Gasteiger partial charge in [-0.05, 0) is 52.5 Å². The number of alkyl halides is 1. The molecule has 2 heteroatoms. The first-order valence-corrected chi connectivity index (χ1v) is 9.03. The van der Waals surface area contributed by atoms with E-state index in [0.29, 0.717) is 16.7 Å². The Morgan fingerprint density at radius 3 is 2.15 bits per heavy atom. The van der Waals surface area contributed by atoms with Crippen molar-refractivity contribution in [2.45, 2.75) is 51.3 Å². The van der Waals surface area contributed by atoms with Crippen molar-refractivity contribution in [3.8, 4) is 0 Å². The number of halogens is 1. The second kappa shape index (κ2) is 6.44. The van der Waals surface area contributed by atoms with E-state index in [1.54, 1.807) is 0 Å². The van der Waals surface area contributed by atoms with Crippen LogP contribution in [0.1, 0.15) is 71.5 Å². The molecule has 1 atom stereocenters. The van der Waals surface area contributed by atoms with Gasteiger partial charge >= 0.3 is 0 Å². The van der Waals surface area contributed by atoms with Gasteiger partial charge in [0.1, 0.15) is 0 Å². The van der Waals surface area contributed by atoms with Crippen molar-refractivity contribution in [3.63, 3.8) is 0 Å². The van der Waals surface area contributed by atoms with Crippen LogP contribution in [-0.4, -0.2) is 0 Å². The molecule has 0 radical (unpaired) electrons. The Morgan fingerprint density at radius 1 is 0.950 bits per heavy atom. The van der Waals surface area contributed by atoms with Crippen molar-refractivity contribution < 1.29 is 0 Å². The molecule has 0 aliphatic rings. The van der Waals surface area contributed by atoms with Gasteiger partial charge in [0.2, 0.25) is 0 Å². The van der Waals surface area contributed by atoms with Crippen molar-refractivity contribution in [1.29, 1.82) is 0 Å². The highest BCUT2D eigenvalue weighted by Gasteiger charge is 2.19. The summed E-state index contributed by atoms with van der Waals surface area (Å²) in [7, 11) is 0. The zero-order chi connectivity index (χ0) is 14.9. The lowest BCUT2D eigenvalue weighted by molar-refractivity contribution is 0.821. The molecule has 108 valence electrons. The fraction of sp³-hybridized carbons (Fsp3) is 0.444. The van der Waals surface area contributed by atoms with E-state index < -0.39 is 0 Å². The van der Waals surface area contributed by atoms with Crippen LogP contribution < -0.4 is 0 Å². The first-order chi connectivity index (χ1) is 9.41. The zero-order valence-electron chi connectivity index (χ0n) is 12.9. The molecule has 0 amide bonds. The summed E-state index contributed by atoms with van der Waals surface area (Å²) in [6, 6.07) is 9.18. The quantitative estimate of drug-likeness (QED) is 0.532. The number of hydrogen-bond donors (Lipinski definition) is 0. The molecule has 0 saturated carbocycles. The fourth-order valence-electron chi connectivity index (χ4n) is 2.47. The van der Waals surface area contributed by atoms with Crippen LogP contribution in [0.2, 0.25) is 0 Å². The summed E-state index contributed by atoms with van der Waals surface area (Å²) in [6.45, 7) is 11.3. The minimum Gasteiger partial charge on any atom is -0.147 e. The average Bonchev–Trinajstić information content (AvgIpc) is 2.83. The van der Waals surface area contributed by atoms with Crippen LogP contribution in [0.15, 0.2) is 29.6 Å². The summed E-state index contributed by atoms with van der Waals surface area (Å²) in [4.78, 5) is 1.73. The number of hydrogen-bond acceptors (Lipinski definition) is 1. The van der Waals surface area contributed by atoms with Crippen molar-refractivity contribution in [3.05, 3.63) is 56.8 Å². The van der Waals surface area contributed by atoms with Crippen LogP contribution in [0.25, 0.3) is 0 Å². The molecule has 2 aromatic rings. The second-order valence-corrected chi connectivity index (χ2v) is 7.89. The van der Waals surface area contributed by atoms with Gasteiger partial charge in [-0.25, -0.2) is 0 Å². The molecule has 1 aromatic carbocycles. The van der Waals surface area contributed by atoms with Gasteiger partial charge in [-0.3, -0.25) is 0 Å². The van der Waals surface area contributed by atoms with E-state index in [2.05, 4.69) is 80.2 Å². The van der Waals surface area contributed by atoms with Crippen molar-refractivity contribution in [1.82, 2.24) is 0 Å². The summed E-state index contributed by atoms with van der Waals surface area (Å²) < 4.78 is 0. The lowest BCUT2D eigenvalue weighted by atomic mass is 9.90. The Hall–Kier alpha value is -0.600. The number of rotatable bonds is 4. The molecule has 0 fully saturated rings. The van der Waals surface area contributed by atoms with Gasteiger partial charge in [-0.2, -0.15) is 0 Å². The lowest BCUT2D eigenvalue weighted by Gasteiger charge is -2.20. The highest BCUT2D eigenvalue weighted by atomic mass is 79.9. The first kappa shape index (κ1) is 15.8. The second-order valence-electron chi connectivity index (χ2n) is 6.03. The Labute approximate surface area is 135 Å². The van der Waals surface area contributed by atoms with Crippen molar-refractivity contribution >= 4 is 27.3 Å². The van der Waals surface area contributed by atoms with Gasteiger partial charge in [-0.15, -0.1) is 11.3 Å². The molecule has 0 saturated heterocycles. The third-order valence-corrected chi connectivity index (χ3v) is 6.14. The molecule has 1 heterocycles. The summed E-state index contributed by atoms with van der Waals surface area (Å²) >= 11 is 5.75. The van der Waals surface area contributed by atoms with Crippen LogP contribution in [0, 0.1) is 6.92 Å². The molecule has 20 heavy (non-hydrogen) atoms. The minimum absolute atomic E-state index is 0.307. The van der Waals surface area contributed by atoms with E-state index in [9.17, 15) is 0 Å². The Kier molecular flexibility index (Phi) is 5.09. The normalized spacial score (nSPS) is 13.2. The third kappa shape index (κ3) is 3.17. The van der Waals surface area contributed by atoms with E-state index in [1.165, 1.54) is 27.1 Å². The summed E-state index contributed by atoms with van der Waals surface area (Å²) in [6.07, 6.45) is 0. The van der Waals surface area contributed by atoms with E-state index >= 15 is 0 Å². The summed E-state index contributed by atoms with van der Waals surface area (Å²) in [5, 5.41) is 2.18. The smallest absolute Gasteiger partial charge is 0.0743 e. The van der Waals surface area contributed by atoms with E-state index in [4.69, 9.17) is 0 Å². The lowest BCUT2D eigenvalue weighted by Crippen LogP contribution is -2.02. The van der Waals surface area contributed by atoms with Crippen LogP contribution >= 0.6 is 27.3 Å². The zero-order valence-corrected chi connectivity index (χ0v) is 15.3. The molecule has 0 nitrogen and oxygen atoms in total. The molecule has 0 spiro atoms. The maximum atomic E-state index is 3.92. The van der Waals surface area contributed by atoms with Gasteiger partial charge in [0.25, 0.3) is 0 Å². The summed E-state index contributed by atoms with van der Waals surface area (Å²) in [5.74, 6) is 1.13. The molecule has 2 rings (SSSR count). The third-order valence-electron chi connectivity index (χ3n) is 3.80. The maximum Gasteiger partial charge on any atom is 0.0743 e. The Morgan fingerprint density at radius 2 is 1.65 bits per heavy atom. The van der Waals surface area contributed by atoms with Crippen molar-refractivity contribution in [2.24, 2.45) is 0 Å². The van der Waals surface area contributed by atoms with Crippen LogP contribution in [0.5, 0.6) is 0 Å². The van der Waals surface area contributed by atoms with Gasteiger partial charge in [0, 0.05) is 4.88 Å². The van der Waals surface area contributed by atoms with E-state index in [0.717, 1.165) is 0 Å². The first-order valence-electron chi connectivity index (χ1n) is 7.23. The standard InChI is InChI=1S/C18H23BrS/c1-11(2)14-6-7-15(16(10-14)12(3)4)17(19)18-13(5)8-9-20-18/h6-12,17H,1-5H3. The van der Waals surface area contributed by atoms with Crippen molar-refractivity contribution in [2.75, 3.05) is 0 Å². The van der Waals surface area contributed by atoms with Gasteiger partial charge in [-0.1, -0.05) is 61.8 Å². The molecule has 0 N–H and O–H groups in total. The number of aryl methyl sites for hydroxylation is 1. The highest BCUT2D eigenvalue weighted by Crippen LogP contribution is 2.40. The van der Waals surface area contributed by atoms with Gasteiger partial charge in [0.15, 0.2) is 0 Å². The maximum absolute atomic E-state index is 3.92. The average molecular weight is 351 g/mol. The topological polar surface area (TPSA) is 0 Å². The summed E-state index contributed by atoms with van der Waals surface area (Å²) in [5.41, 5.74) is 5.68. The molecule has 1 aromatic heterocycles. The van der Waals surface area contributed by atoms with Crippen LogP contribution in [-0.2, 0) is 0 Å². The predicted molar refractivity (Wildman–Crippen MR) is 94.4 cm³/mol. The molecule has 0 bridgehead atoms. The van der Waals surface area contributed by atoms with Crippen LogP contribution in [0.3, 0.4) is 0 Å². The van der Waals surface area contributed by atoms with E-state index in [-0.39, 0.29) is 0 Å². The molecule has 0 aliphatic heterocycles.